The third-order valence-electron chi connectivity index (χ3n) is 3.93. The van der Waals surface area contributed by atoms with Gasteiger partial charge in [-0.05, 0) is 0 Å². The minimum atomic E-state index is -1.07. The standard InChI is InChI=1S/C14H17ClF2N2O2.ClH/c1-20-7-9-4-8-6-18-2-3-19(8)11-5-10(16)13(17)12(15)14(11)21-9;/h5,8-9,18H,2-4,6-7H2,1H3;1H/t8-,9+;/m1./s1. The van der Waals surface area contributed by atoms with Crippen molar-refractivity contribution in [3.63, 3.8) is 0 Å². The summed E-state index contributed by atoms with van der Waals surface area (Å²) in [5, 5.41) is 3.01. The number of piperazine rings is 1. The van der Waals surface area contributed by atoms with Crippen LogP contribution < -0.4 is 15.0 Å². The Balaban J connectivity index is 0.00000176. The van der Waals surface area contributed by atoms with Crippen molar-refractivity contribution in [2.75, 3.05) is 38.3 Å². The van der Waals surface area contributed by atoms with Crippen LogP contribution in [0.5, 0.6) is 5.75 Å². The average molecular weight is 355 g/mol. The number of anilines is 1. The van der Waals surface area contributed by atoms with Crippen LogP contribution in [-0.2, 0) is 4.74 Å². The molecule has 22 heavy (non-hydrogen) atoms. The van der Waals surface area contributed by atoms with Crippen LogP contribution in [0.3, 0.4) is 0 Å². The van der Waals surface area contributed by atoms with E-state index in [1.807, 2.05) is 4.90 Å². The van der Waals surface area contributed by atoms with Crippen molar-refractivity contribution in [2.24, 2.45) is 0 Å². The molecule has 0 aromatic heterocycles. The molecule has 1 aromatic carbocycles. The van der Waals surface area contributed by atoms with Crippen LogP contribution in [0, 0.1) is 11.6 Å². The van der Waals surface area contributed by atoms with Gasteiger partial charge in [0.2, 0.25) is 0 Å². The lowest BCUT2D eigenvalue weighted by molar-refractivity contribution is 0.0744. The Morgan fingerprint density at radius 3 is 3.00 bits per heavy atom. The summed E-state index contributed by atoms with van der Waals surface area (Å²) in [6, 6.07) is 1.31. The summed E-state index contributed by atoms with van der Waals surface area (Å²) in [6.45, 7) is 2.61. The first kappa shape index (κ1) is 17.5. The molecule has 1 fully saturated rings. The number of hydrogen-bond acceptors (Lipinski definition) is 4. The van der Waals surface area contributed by atoms with E-state index in [0.717, 1.165) is 13.1 Å². The Bertz CT molecular complexity index is 548. The quantitative estimate of drug-likeness (QED) is 0.827. The molecule has 0 radical (unpaired) electrons. The number of nitrogens with one attached hydrogen (secondary N) is 1. The summed E-state index contributed by atoms with van der Waals surface area (Å²) >= 11 is 5.96. The van der Waals surface area contributed by atoms with Crippen LogP contribution in [0.4, 0.5) is 14.5 Å². The molecular formula is C14H18Cl2F2N2O2. The predicted molar refractivity (Wildman–Crippen MR) is 83.5 cm³/mol. The molecule has 0 unspecified atom stereocenters. The van der Waals surface area contributed by atoms with Crippen molar-refractivity contribution < 1.29 is 18.3 Å². The molecule has 1 N–H and O–H groups in total. The molecule has 0 saturated carbocycles. The molecule has 0 bridgehead atoms. The molecule has 8 heteroatoms. The van der Waals surface area contributed by atoms with Gasteiger partial charge < -0.3 is 19.7 Å². The highest BCUT2D eigenvalue weighted by molar-refractivity contribution is 6.32. The molecule has 0 amide bonds. The van der Waals surface area contributed by atoms with Gasteiger partial charge in [0, 0.05) is 45.3 Å². The van der Waals surface area contributed by atoms with Gasteiger partial charge in [0.25, 0.3) is 0 Å². The van der Waals surface area contributed by atoms with E-state index < -0.39 is 11.6 Å². The van der Waals surface area contributed by atoms with E-state index in [4.69, 9.17) is 21.1 Å². The maximum Gasteiger partial charge on any atom is 0.181 e. The van der Waals surface area contributed by atoms with Crippen molar-refractivity contribution in [1.82, 2.24) is 5.32 Å². The highest BCUT2D eigenvalue weighted by Gasteiger charge is 2.34. The van der Waals surface area contributed by atoms with Gasteiger partial charge in [0.05, 0.1) is 12.3 Å². The van der Waals surface area contributed by atoms with Gasteiger partial charge in [-0.1, -0.05) is 11.6 Å². The molecule has 2 atom stereocenters. The first-order chi connectivity index (χ1) is 10.1. The fraction of sp³-hybridized carbons (Fsp3) is 0.571. The molecule has 3 rings (SSSR count). The second-order valence-electron chi connectivity index (χ2n) is 5.32. The van der Waals surface area contributed by atoms with E-state index in [2.05, 4.69) is 5.32 Å². The predicted octanol–water partition coefficient (Wildman–Crippen LogP) is 2.62. The van der Waals surface area contributed by atoms with Gasteiger partial charge in [-0.15, -0.1) is 12.4 Å². The van der Waals surface area contributed by atoms with Gasteiger partial charge in [0.1, 0.15) is 11.1 Å². The number of nitrogens with zero attached hydrogens (tertiary/aromatic N) is 1. The third kappa shape index (κ3) is 3.11. The van der Waals surface area contributed by atoms with Crippen LogP contribution in [0.25, 0.3) is 0 Å². The minimum Gasteiger partial charge on any atom is -0.484 e. The summed E-state index contributed by atoms with van der Waals surface area (Å²) in [4.78, 5) is 2.04. The SMILES string of the molecule is COC[C@@H]1C[C@@H]2CNCCN2c2cc(F)c(F)c(Cl)c2O1.Cl. The van der Waals surface area contributed by atoms with Crippen molar-refractivity contribution in [3.8, 4) is 5.75 Å². The topological polar surface area (TPSA) is 33.7 Å². The van der Waals surface area contributed by atoms with Crippen molar-refractivity contribution >= 4 is 29.7 Å². The molecule has 124 valence electrons. The maximum absolute atomic E-state index is 13.7. The molecule has 1 aromatic rings. The van der Waals surface area contributed by atoms with E-state index in [9.17, 15) is 8.78 Å². The number of ether oxygens (including phenoxy) is 2. The lowest BCUT2D eigenvalue weighted by Gasteiger charge is -2.37. The number of benzene rings is 1. The van der Waals surface area contributed by atoms with Gasteiger partial charge in [-0.25, -0.2) is 8.78 Å². The van der Waals surface area contributed by atoms with Gasteiger partial charge >= 0.3 is 0 Å². The second-order valence-corrected chi connectivity index (χ2v) is 5.69. The van der Waals surface area contributed by atoms with E-state index in [-0.39, 0.29) is 35.3 Å². The first-order valence-corrected chi connectivity index (χ1v) is 7.30. The number of methoxy groups -OCH3 is 1. The molecular weight excluding hydrogens is 337 g/mol. The molecule has 0 aliphatic carbocycles. The zero-order chi connectivity index (χ0) is 15.0. The second kappa shape index (κ2) is 7.17. The van der Waals surface area contributed by atoms with Crippen molar-refractivity contribution in [3.05, 3.63) is 22.7 Å². The molecule has 0 spiro atoms. The van der Waals surface area contributed by atoms with Crippen molar-refractivity contribution in [2.45, 2.75) is 18.6 Å². The van der Waals surface area contributed by atoms with E-state index in [0.29, 0.717) is 25.3 Å². The molecule has 1 saturated heterocycles. The van der Waals surface area contributed by atoms with E-state index >= 15 is 0 Å². The van der Waals surface area contributed by atoms with Crippen LogP contribution in [-0.4, -0.2) is 45.5 Å². The fourth-order valence-electron chi connectivity index (χ4n) is 2.99. The average Bonchev–Trinajstić information content (AvgIpc) is 2.63. The van der Waals surface area contributed by atoms with E-state index in [1.165, 1.54) is 6.07 Å². The molecule has 4 nitrogen and oxygen atoms in total. The first-order valence-electron chi connectivity index (χ1n) is 6.92. The smallest absolute Gasteiger partial charge is 0.181 e. The third-order valence-corrected chi connectivity index (χ3v) is 4.27. The summed E-state index contributed by atoms with van der Waals surface area (Å²) in [5.74, 6) is -1.81. The Hall–Kier alpha value is -0.820. The molecule has 2 aliphatic rings. The minimum absolute atomic E-state index is 0. The lowest BCUT2D eigenvalue weighted by Crippen LogP contribution is -2.52. The van der Waals surface area contributed by atoms with Crippen molar-refractivity contribution in [1.29, 1.82) is 0 Å². The van der Waals surface area contributed by atoms with E-state index in [1.54, 1.807) is 7.11 Å². The number of fused-ring (bicyclic) bond motifs is 3. The number of halogens is 4. The number of hydrogen-bond donors (Lipinski definition) is 1. The summed E-state index contributed by atoms with van der Waals surface area (Å²) < 4.78 is 38.4. The Kier molecular flexibility index (Phi) is 5.71. The molecule has 2 heterocycles. The highest BCUT2D eigenvalue weighted by Crippen LogP contribution is 2.43. The fourth-order valence-corrected chi connectivity index (χ4v) is 3.22. The van der Waals surface area contributed by atoms with Crippen LogP contribution in [0.1, 0.15) is 6.42 Å². The highest BCUT2D eigenvalue weighted by atomic mass is 35.5. The maximum atomic E-state index is 13.7. The normalized spacial score (nSPS) is 23.7. The summed E-state index contributed by atoms with van der Waals surface area (Å²) in [6.07, 6.45) is 0.459. The summed E-state index contributed by atoms with van der Waals surface area (Å²) in [7, 11) is 1.58. The molecule has 2 aliphatic heterocycles. The van der Waals surface area contributed by atoms with Gasteiger partial charge in [-0.2, -0.15) is 0 Å². The Morgan fingerprint density at radius 1 is 1.50 bits per heavy atom. The largest absolute Gasteiger partial charge is 0.484 e. The Morgan fingerprint density at radius 2 is 2.27 bits per heavy atom. The number of rotatable bonds is 2. The van der Waals surface area contributed by atoms with Gasteiger partial charge in [0.15, 0.2) is 17.4 Å². The Labute approximate surface area is 139 Å². The summed E-state index contributed by atoms with van der Waals surface area (Å²) in [5.41, 5.74) is 0.518. The zero-order valence-corrected chi connectivity index (χ0v) is 13.6. The lowest BCUT2D eigenvalue weighted by atomic mass is 10.1. The van der Waals surface area contributed by atoms with Crippen LogP contribution in [0.2, 0.25) is 5.02 Å². The van der Waals surface area contributed by atoms with Crippen LogP contribution >= 0.6 is 24.0 Å². The zero-order valence-electron chi connectivity index (χ0n) is 12.1. The monoisotopic (exact) mass is 354 g/mol. The van der Waals surface area contributed by atoms with Gasteiger partial charge in [-0.3, -0.25) is 0 Å². The van der Waals surface area contributed by atoms with Crippen LogP contribution in [0.15, 0.2) is 6.07 Å².